The van der Waals surface area contributed by atoms with Crippen LogP contribution in [0.1, 0.15) is 27.2 Å². The predicted octanol–water partition coefficient (Wildman–Crippen LogP) is 2.49. The Morgan fingerprint density at radius 1 is 1.27 bits per heavy atom. The second-order valence-electron chi connectivity index (χ2n) is 7.75. The molecule has 0 aliphatic carbocycles. The lowest BCUT2D eigenvalue weighted by molar-refractivity contribution is -0.921. The first-order valence-corrected chi connectivity index (χ1v) is 11.1. The fourth-order valence-corrected chi connectivity index (χ4v) is 4.05. The summed E-state index contributed by atoms with van der Waals surface area (Å²) in [6.07, 6.45) is 1.60. The highest BCUT2D eigenvalue weighted by molar-refractivity contribution is 6.33. The Morgan fingerprint density at radius 3 is 2.82 bits per heavy atom. The summed E-state index contributed by atoms with van der Waals surface area (Å²) in [6.45, 7) is 5.97. The van der Waals surface area contributed by atoms with Crippen molar-refractivity contribution in [2.75, 3.05) is 33.4 Å². The molecule has 2 heterocycles. The third-order valence-electron chi connectivity index (χ3n) is 5.54. The number of nitrogens with one attached hydrogen (secondary N) is 2. The number of hydrogen-bond acceptors (Lipinski definition) is 6. The van der Waals surface area contributed by atoms with Crippen LogP contribution >= 0.6 is 11.6 Å². The molecule has 0 atom stereocenters. The normalized spacial score (nSPS) is 14.5. The summed E-state index contributed by atoms with van der Waals surface area (Å²) < 4.78 is 16.2. The molecule has 0 bridgehead atoms. The van der Waals surface area contributed by atoms with Gasteiger partial charge in [0.1, 0.15) is 42.4 Å². The predicted molar refractivity (Wildman–Crippen MR) is 125 cm³/mol. The van der Waals surface area contributed by atoms with Gasteiger partial charge in [0, 0.05) is 11.1 Å². The van der Waals surface area contributed by atoms with E-state index >= 15 is 0 Å². The number of benzene rings is 2. The molecule has 1 amide bonds. The Balaban J connectivity index is 1.49. The third-order valence-corrected chi connectivity index (χ3v) is 5.87. The van der Waals surface area contributed by atoms with Gasteiger partial charge in [-0.1, -0.05) is 35.0 Å². The molecule has 172 valence electrons. The first kappa shape index (κ1) is 23.0. The Bertz CT molecular complexity index is 1160. The van der Waals surface area contributed by atoms with Crippen LogP contribution in [-0.4, -0.2) is 50.7 Å². The van der Waals surface area contributed by atoms with Crippen molar-refractivity contribution in [1.82, 2.24) is 10.6 Å². The number of ether oxygens (including phenoxy) is 2. The molecule has 0 saturated carbocycles. The third kappa shape index (κ3) is 5.42. The number of carbonyl (C=O) groups is 1. The van der Waals surface area contributed by atoms with Crippen molar-refractivity contribution < 1.29 is 23.7 Å². The monoisotopic (exact) mass is 469 g/mol. The summed E-state index contributed by atoms with van der Waals surface area (Å²) >= 11 is 6.28. The maximum atomic E-state index is 12.8. The smallest absolute Gasteiger partial charge is 0.277 e. The summed E-state index contributed by atoms with van der Waals surface area (Å²) in [4.78, 5) is 14.3. The molecule has 1 fully saturated rings. The summed E-state index contributed by atoms with van der Waals surface area (Å²) in [5.41, 5.74) is 5.80. The van der Waals surface area contributed by atoms with E-state index < -0.39 is 5.91 Å². The second-order valence-corrected chi connectivity index (χ2v) is 8.16. The molecule has 9 heteroatoms. The number of carbonyl (C=O) groups excluding carboxylic acids is 1. The van der Waals surface area contributed by atoms with Gasteiger partial charge >= 0.3 is 0 Å². The Hall–Kier alpha value is -3.20. The molecule has 1 saturated heterocycles. The van der Waals surface area contributed by atoms with Crippen LogP contribution in [0, 0.1) is 6.92 Å². The van der Waals surface area contributed by atoms with Gasteiger partial charge in [-0.2, -0.15) is 5.10 Å². The summed E-state index contributed by atoms with van der Waals surface area (Å²) in [5.74, 6) is 0.795. The van der Waals surface area contributed by atoms with Crippen molar-refractivity contribution in [2.24, 2.45) is 5.10 Å². The van der Waals surface area contributed by atoms with Crippen LogP contribution in [0.5, 0.6) is 5.75 Å². The molecular weight excluding hydrogens is 444 g/mol. The average molecular weight is 470 g/mol. The zero-order valence-electron chi connectivity index (χ0n) is 18.6. The molecule has 1 aromatic heterocycles. The highest BCUT2D eigenvalue weighted by Gasteiger charge is 2.23. The molecule has 2 aromatic carbocycles. The van der Waals surface area contributed by atoms with E-state index in [9.17, 15) is 4.79 Å². The number of quaternary nitrogens is 1. The Morgan fingerprint density at radius 2 is 2.06 bits per heavy atom. The van der Waals surface area contributed by atoms with Crippen molar-refractivity contribution in [3.8, 4) is 17.0 Å². The number of methoxy groups -OCH3 is 1. The van der Waals surface area contributed by atoms with Gasteiger partial charge in [0.05, 0.1) is 31.6 Å². The van der Waals surface area contributed by atoms with E-state index in [1.165, 1.54) is 4.90 Å². The summed E-state index contributed by atoms with van der Waals surface area (Å²) in [6, 6.07) is 13.0. The summed E-state index contributed by atoms with van der Waals surface area (Å²) in [7, 11) is 1.67. The lowest BCUT2D eigenvalue weighted by Crippen LogP contribution is -3.12. The van der Waals surface area contributed by atoms with E-state index in [0.717, 1.165) is 49.7 Å². The number of aromatic nitrogens is 1. The topological polar surface area (TPSA) is 90.4 Å². The van der Waals surface area contributed by atoms with Crippen LogP contribution < -0.4 is 15.1 Å². The number of morpholine rings is 1. The van der Waals surface area contributed by atoms with Gasteiger partial charge in [-0.25, -0.2) is 5.43 Å². The quantitative estimate of drug-likeness (QED) is 0.410. The molecule has 3 aromatic rings. The van der Waals surface area contributed by atoms with Gasteiger partial charge < -0.3 is 18.9 Å². The van der Waals surface area contributed by atoms with Gasteiger partial charge in [0.2, 0.25) is 0 Å². The van der Waals surface area contributed by atoms with Crippen molar-refractivity contribution in [2.45, 2.75) is 13.5 Å². The Labute approximate surface area is 197 Å². The first-order valence-electron chi connectivity index (χ1n) is 10.7. The van der Waals surface area contributed by atoms with Gasteiger partial charge in [-0.3, -0.25) is 4.79 Å². The minimum absolute atomic E-state index is 0.298. The largest absolute Gasteiger partial charge is 0.496 e. The van der Waals surface area contributed by atoms with Crippen molar-refractivity contribution >= 4 is 23.7 Å². The van der Waals surface area contributed by atoms with E-state index in [-0.39, 0.29) is 0 Å². The lowest BCUT2D eigenvalue weighted by Gasteiger charge is -2.24. The molecule has 4 rings (SSSR count). The number of halogens is 1. The van der Waals surface area contributed by atoms with E-state index in [1.807, 2.05) is 30.3 Å². The molecule has 0 unspecified atom stereocenters. The van der Waals surface area contributed by atoms with Crippen LogP contribution in [0.15, 0.2) is 52.1 Å². The lowest BCUT2D eigenvalue weighted by atomic mass is 10.1. The fourth-order valence-electron chi connectivity index (χ4n) is 3.82. The average Bonchev–Trinajstić information content (AvgIpc) is 3.21. The van der Waals surface area contributed by atoms with E-state index in [4.69, 9.17) is 25.6 Å². The highest BCUT2D eigenvalue weighted by atomic mass is 35.5. The number of hydrogen-bond donors (Lipinski definition) is 2. The number of aryl methyl sites for hydroxylation is 1. The standard InChI is InChI=1S/C24H25ClN4O4/c1-16-22(23(28-33-16)19-5-3-4-6-20(19)25)24(30)27-26-14-17-7-8-21(31-2)18(13-17)15-29-9-11-32-12-10-29/h3-8,13-14H,9-12,15H2,1-2H3,(H,27,30)/p+1/b26-14-. The maximum Gasteiger partial charge on any atom is 0.277 e. The minimum atomic E-state index is -0.425. The molecule has 33 heavy (non-hydrogen) atoms. The zero-order chi connectivity index (χ0) is 23.2. The van der Waals surface area contributed by atoms with E-state index in [0.29, 0.717) is 27.6 Å². The first-order chi connectivity index (χ1) is 16.1. The maximum absolute atomic E-state index is 12.8. The van der Waals surface area contributed by atoms with Gasteiger partial charge in [0.25, 0.3) is 5.91 Å². The van der Waals surface area contributed by atoms with Crippen molar-refractivity contribution in [1.29, 1.82) is 0 Å². The van der Waals surface area contributed by atoms with Crippen LogP contribution in [0.2, 0.25) is 5.02 Å². The SMILES string of the molecule is COc1ccc(/C=N\NC(=O)c2c(-c3ccccc3Cl)noc2C)cc1C[NH+]1CCOCC1. The number of hydrazone groups is 1. The van der Waals surface area contributed by atoms with Crippen LogP contribution in [0.4, 0.5) is 0 Å². The molecule has 8 nitrogen and oxygen atoms in total. The van der Waals surface area contributed by atoms with E-state index in [1.54, 1.807) is 32.4 Å². The van der Waals surface area contributed by atoms with Crippen LogP contribution in [0.25, 0.3) is 11.3 Å². The van der Waals surface area contributed by atoms with Crippen molar-refractivity contribution in [3.05, 3.63) is 69.9 Å². The second kappa shape index (κ2) is 10.6. The number of rotatable bonds is 7. The molecular formula is C24H26ClN4O4+. The van der Waals surface area contributed by atoms with Gasteiger partial charge in [-0.15, -0.1) is 0 Å². The molecule has 1 aliphatic heterocycles. The van der Waals surface area contributed by atoms with Crippen molar-refractivity contribution in [3.63, 3.8) is 0 Å². The Kier molecular flexibility index (Phi) is 7.39. The van der Waals surface area contributed by atoms with E-state index in [2.05, 4.69) is 15.7 Å². The van der Waals surface area contributed by atoms with Crippen LogP contribution in [0.3, 0.4) is 0 Å². The molecule has 0 radical (unpaired) electrons. The number of amides is 1. The van der Waals surface area contributed by atoms with Gasteiger partial charge in [-0.05, 0) is 36.8 Å². The summed E-state index contributed by atoms with van der Waals surface area (Å²) in [5, 5.41) is 8.65. The fraction of sp³-hybridized carbons (Fsp3) is 0.292. The van der Waals surface area contributed by atoms with Gasteiger partial charge in [0.15, 0.2) is 0 Å². The number of nitrogens with zero attached hydrogens (tertiary/aromatic N) is 2. The molecule has 2 N–H and O–H groups in total. The minimum Gasteiger partial charge on any atom is -0.496 e. The van der Waals surface area contributed by atoms with Crippen LogP contribution in [-0.2, 0) is 11.3 Å². The highest BCUT2D eigenvalue weighted by Crippen LogP contribution is 2.30. The zero-order valence-corrected chi connectivity index (χ0v) is 19.3. The molecule has 0 spiro atoms. The molecule has 1 aliphatic rings.